The zero-order chi connectivity index (χ0) is 13.1. The highest BCUT2D eigenvalue weighted by Crippen LogP contribution is 2.28. The second-order valence-corrected chi connectivity index (χ2v) is 4.51. The standard InChI is InChI=1S/C9H8F3N3OS/c1-6(17-15(16)5-13)7-2-3-8(14-4-7)9(10,11)12/h2-4,6,17H,1H3/t6-/m0/s1. The molecule has 0 bridgehead atoms. The maximum Gasteiger partial charge on any atom is 0.461 e. The maximum atomic E-state index is 12.2. The smallest absolute Gasteiger partial charge is 0.461 e. The van der Waals surface area contributed by atoms with E-state index in [0.717, 1.165) is 12.3 Å². The molecule has 0 aliphatic rings. The van der Waals surface area contributed by atoms with Crippen molar-refractivity contribution in [2.24, 2.45) is 0 Å². The summed E-state index contributed by atoms with van der Waals surface area (Å²) in [5, 5.41) is 18.7. The van der Waals surface area contributed by atoms with Crippen LogP contribution >= 0.6 is 0 Å². The lowest BCUT2D eigenvalue weighted by Crippen LogP contribution is -2.08. The zero-order valence-electron chi connectivity index (χ0n) is 8.64. The molecule has 1 heterocycles. The van der Waals surface area contributed by atoms with Crippen LogP contribution in [0, 0.1) is 16.7 Å². The Kier molecular flexibility index (Phi) is 4.20. The molecule has 1 aromatic rings. The van der Waals surface area contributed by atoms with E-state index in [1.807, 2.05) is 0 Å². The number of aromatic nitrogens is 1. The van der Waals surface area contributed by atoms with E-state index in [0.29, 0.717) is 5.56 Å². The molecule has 0 saturated heterocycles. The molecule has 1 aromatic heterocycles. The fourth-order valence-electron chi connectivity index (χ4n) is 1.07. The molecule has 0 aliphatic heterocycles. The molecule has 0 aromatic carbocycles. The van der Waals surface area contributed by atoms with Gasteiger partial charge in [0.25, 0.3) is 0 Å². The Balaban J connectivity index is 2.93. The molecule has 0 radical (unpaired) electrons. The van der Waals surface area contributed by atoms with Crippen molar-refractivity contribution in [3.8, 4) is 6.19 Å². The van der Waals surface area contributed by atoms with Gasteiger partial charge < -0.3 is 5.21 Å². The molecule has 0 unspecified atom stereocenters. The number of halogens is 3. The molecular weight excluding hydrogens is 255 g/mol. The van der Waals surface area contributed by atoms with Crippen molar-refractivity contribution >= 4 is 11.6 Å². The van der Waals surface area contributed by atoms with Gasteiger partial charge in [-0.25, -0.2) is 0 Å². The van der Waals surface area contributed by atoms with E-state index in [1.165, 1.54) is 12.3 Å². The lowest BCUT2D eigenvalue weighted by atomic mass is 10.2. The SMILES string of the molecule is C[C@H]([SH]=[N+]([O-])C#N)c1ccc(C(F)(F)F)nc1. The molecule has 0 fully saturated rings. The van der Waals surface area contributed by atoms with E-state index in [2.05, 4.69) is 4.98 Å². The second kappa shape index (κ2) is 5.25. The summed E-state index contributed by atoms with van der Waals surface area (Å²) < 4.78 is 36.8. The maximum absolute atomic E-state index is 12.2. The van der Waals surface area contributed by atoms with Gasteiger partial charge in [-0.1, -0.05) is 6.07 Å². The Morgan fingerprint density at radius 2 is 2.18 bits per heavy atom. The van der Waals surface area contributed by atoms with Gasteiger partial charge in [-0.3, -0.25) is 4.98 Å². The van der Waals surface area contributed by atoms with E-state index in [-0.39, 0.29) is 20.9 Å². The van der Waals surface area contributed by atoms with Crippen molar-refractivity contribution in [2.45, 2.75) is 18.3 Å². The third-order valence-electron chi connectivity index (χ3n) is 1.92. The van der Waals surface area contributed by atoms with Gasteiger partial charge in [-0.15, -0.1) is 0 Å². The third-order valence-corrected chi connectivity index (χ3v) is 2.87. The van der Waals surface area contributed by atoms with E-state index >= 15 is 0 Å². The van der Waals surface area contributed by atoms with Gasteiger partial charge in [0, 0.05) is 6.20 Å². The van der Waals surface area contributed by atoms with Gasteiger partial charge in [0.15, 0.2) is 5.26 Å². The summed E-state index contributed by atoms with van der Waals surface area (Å²) in [6.45, 7) is 1.62. The zero-order valence-corrected chi connectivity index (χ0v) is 9.53. The van der Waals surface area contributed by atoms with E-state index in [4.69, 9.17) is 5.26 Å². The highest BCUT2D eigenvalue weighted by molar-refractivity contribution is 7.65. The summed E-state index contributed by atoms with van der Waals surface area (Å²) in [4.78, 5) is 3.27. The molecule has 92 valence electrons. The third kappa shape index (κ3) is 3.80. The molecule has 4 nitrogen and oxygen atoms in total. The second-order valence-electron chi connectivity index (χ2n) is 3.14. The Bertz CT molecular complexity index is 464. The molecule has 1 atom stereocenters. The summed E-state index contributed by atoms with van der Waals surface area (Å²) in [6, 6.07) is 2.10. The monoisotopic (exact) mass is 263 g/mol. The van der Waals surface area contributed by atoms with Crippen molar-refractivity contribution in [3.63, 3.8) is 0 Å². The first kappa shape index (κ1) is 13.6. The molecule has 17 heavy (non-hydrogen) atoms. The molecule has 0 N–H and O–H groups in total. The molecular formula is C9H8F3N3OS. The van der Waals surface area contributed by atoms with Gasteiger partial charge in [-0.2, -0.15) is 17.3 Å². The van der Waals surface area contributed by atoms with Gasteiger partial charge in [0.05, 0.1) is 5.25 Å². The summed E-state index contributed by atoms with van der Waals surface area (Å²) in [5.74, 6) is 0. The Morgan fingerprint density at radius 3 is 2.59 bits per heavy atom. The van der Waals surface area contributed by atoms with Crippen molar-refractivity contribution in [1.82, 2.24) is 4.98 Å². The highest BCUT2D eigenvalue weighted by atomic mass is 32.1. The quantitative estimate of drug-likeness (QED) is 0.292. The predicted molar refractivity (Wildman–Crippen MR) is 55.7 cm³/mol. The molecule has 0 amide bonds. The fraction of sp³-hybridized carbons (Fsp3) is 0.333. The minimum Gasteiger partial charge on any atom is -0.634 e. The number of hydrogen-bond acceptors (Lipinski definition) is 3. The van der Waals surface area contributed by atoms with E-state index in [1.54, 1.807) is 6.92 Å². The first-order valence-corrected chi connectivity index (χ1v) is 5.37. The van der Waals surface area contributed by atoms with Crippen molar-refractivity contribution in [3.05, 3.63) is 34.8 Å². The molecule has 0 aliphatic carbocycles. The summed E-state index contributed by atoms with van der Waals surface area (Å²) in [6.07, 6.45) is -2.05. The molecule has 0 spiro atoms. The number of hydroxylamine groups is 1. The van der Waals surface area contributed by atoms with E-state index in [9.17, 15) is 18.4 Å². The Labute approximate surface area is 99.0 Å². The lowest BCUT2D eigenvalue weighted by molar-refractivity contribution is -0.326. The Morgan fingerprint density at radius 1 is 1.53 bits per heavy atom. The largest absolute Gasteiger partial charge is 0.634 e. The minimum atomic E-state index is -4.48. The highest BCUT2D eigenvalue weighted by Gasteiger charge is 2.32. The van der Waals surface area contributed by atoms with Gasteiger partial charge in [-0.05, 0) is 30.1 Å². The number of thiol groups is 1. The number of alkyl halides is 3. The fourth-order valence-corrected chi connectivity index (χ4v) is 1.72. The number of nitriles is 1. The van der Waals surface area contributed by atoms with Crippen LogP contribution < -0.4 is 0 Å². The van der Waals surface area contributed by atoms with Crippen molar-refractivity contribution < 1.29 is 17.3 Å². The minimum absolute atomic E-state index is 0.141. The summed E-state index contributed by atoms with van der Waals surface area (Å²) in [7, 11) is 0. The first-order chi connectivity index (χ1) is 7.84. The number of rotatable bonds is 2. The van der Waals surface area contributed by atoms with Crippen molar-refractivity contribution in [2.75, 3.05) is 0 Å². The number of hydrogen-bond donors (Lipinski definition) is 1. The summed E-state index contributed by atoms with van der Waals surface area (Å²) in [5.41, 5.74) is -0.514. The van der Waals surface area contributed by atoms with Crippen LogP contribution in [-0.2, 0) is 17.7 Å². The van der Waals surface area contributed by atoms with Gasteiger partial charge in [0.1, 0.15) is 5.69 Å². The normalized spacial score (nSPS) is 14.7. The van der Waals surface area contributed by atoms with Gasteiger partial charge >= 0.3 is 12.4 Å². The predicted octanol–water partition coefficient (Wildman–Crippen LogP) is 2.15. The molecule has 8 heteroatoms. The average Bonchev–Trinajstić information content (AvgIpc) is 2.27. The van der Waals surface area contributed by atoms with Gasteiger partial charge in [0.2, 0.25) is 0 Å². The van der Waals surface area contributed by atoms with Crippen LogP contribution in [0.15, 0.2) is 18.3 Å². The van der Waals surface area contributed by atoms with Crippen LogP contribution in [0.3, 0.4) is 0 Å². The van der Waals surface area contributed by atoms with Crippen LogP contribution in [0.5, 0.6) is 0 Å². The van der Waals surface area contributed by atoms with Crippen LogP contribution in [0.2, 0.25) is 0 Å². The number of pyridine rings is 1. The lowest BCUT2D eigenvalue weighted by Gasteiger charge is -2.09. The van der Waals surface area contributed by atoms with Crippen LogP contribution in [0.4, 0.5) is 13.2 Å². The topological polar surface area (TPSA) is 62.8 Å². The molecule has 1 rings (SSSR count). The van der Waals surface area contributed by atoms with Crippen molar-refractivity contribution in [1.29, 1.82) is 5.26 Å². The van der Waals surface area contributed by atoms with Crippen LogP contribution in [0.1, 0.15) is 23.4 Å². The Hall–Kier alpha value is -1.46. The van der Waals surface area contributed by atoms with E-state index < -0.39 is 11.9 Å². The molecule has 0 saturated carbocycles. The average molecular weight is 263 g/mol. The van der Waals surface area contributed by atoms with Crippen LogP contribution in [-0.4, -0.2) is 9.09 Å². The first-order valence-electron chi connectivity index (χ1n) is 4.45. The number of nitrogens with zero attached hydrogens (tertiary/aromatic N) is 3. The summed E-state index contributed by atoms with van der Waals surface area (Å²) >= 11 is 0.149. The van der Waals surface area contributed by atoms with Crippen LogP contribution in [0.25, 0.3) is 0 Å².